The normalized spacial score (nSPS) is 15.7. The van der Waals surface area contributed by atoms with Gasteiger partial charge in [0.2, 0.25) is 5.95 Å². The van der Waals surface area contributed by atoms with Gasteiger partial charge in [-0.1, -0.05) is 6.42 Å². The second-order valence-electron chi connectivity index (χ2n) is 4.52. The smallest absolute Gasteiger partial charge is 0.239 e. The number of nitrogen functional groups attached to an aromatic ring is 1. The molecule has 1 heterocycles. The Morgan fingerprint density at radius 2 is 2.31 bits per heavy atom. The molecule has 88 valence electrons. The van der Waals surface area contributed by atoms with Crippen molar-refractivity contribution in [1.82, 2.24) is 9.97 Å². The van der Waals surface area contributed by atoms with Crippen LogP contribution in [0, 0.1) is 12.8 Å². The van der Waals surface area contributed by atoms with Crippen LogP contribution in [-0.2, 0) is 0 Å². The van der Waals surface area contributed by atoms with Crippen molar-refractivity contribution in [3.05, 3.63) is 11.8 Å². The fraction of sp³-hybridized carbons (Fsp3) is 0.636. The second kappa shape index (κ2) is 4.65. The van der Waals surface area contributed by atoms with Crippen molar-refractivity contribution in [3.8, 4) is 0 Å². The number of hydrogen-bond donors (Lipinski definition) is 2. The molecule has 0 saturated heterocycles. The van der Waals surface area contributed by atoms with Crippen LogP contribution in [0.4, 0.5) is 11.8 Å². The summed E-state index contributed by atoms with van der Waals surface area (Å²) in [6.07, 6.45) is 5.86. The number of aryl methyl sites for hydroxylation is 1. The predicted molar refractivity (Wildman–Crippen MR) is 65.2 cm³/mol. The van der Waals surface area contributed by atoms with Crippen molar-refractivity contribution < 1.29 is 0 Å². The first-order valence-electron chi connectivity index (χ1n) is 5.72. The fourth-order valence-electron chi connectivity index (χ4n) is 2.04. The van der Waals surface area contributed by atoms with Crippen LogP contribution >= 0.6 is 0 Å². The Morgan fingerprint density at radius 1 is 1.56 bits per heavy atom. The van der Waals surface area contributed by atoms with E-state index in [4.69, 9.17) is 5.84 Å². The molecule has 16 heavy (non-hydrogen) atoms. The van der Waals surface area contributed by atoms with E-state index in [1.807, 2.05) is 6.92 Å². The van der Waals surface area contributed by atoms with Crippen LogP contribution in [0.25, 0.3) is 0 Å². The van der Waals surface area contributed by atoms with Crippen molar-refractivity contribution in [3.63, 3.8) is 0 Å². The van der Waals surface area contributed by atoms with Gasteiger partial charge in [-0.25, -0.2) is 10.8 Å². The standard InChI is InChI=1S/C11H19N5/c1-8-6-13-11(15-12)14-10(8)16(2)7-9-4-3-5-9/h6,9H,3-5,7,12H2,1-2H3,(H,13,14,15). The number of nitrogens with two attached hydrogens (primary N) is 1. The van der Waals surface area contributed by atoms with E-state index in [2.05, 4.69) is 27.3 Å². The van der Waals surface area contributed by atoms with Gasteiger partial charge in [0.05, 0.1) is 0 Å². The molecule has 0 amide bonds. The maximum absolute atomic E-state index is 5.31. The lowest BCUT2D eigenvalue weighted by Crippen LogP contribution is -2.30. The van der Waals surface area contributed by atoms with Crippen LogP contribution in [0.5, 0.6) is 0 Å². The molecular weight excluding hydrogens is 202 g/mol. The summed E-state index contributed by atoms with van der Waals surface area (Å²) in [4.78, 5) is 10.7. The molecule has 3 N–H and O–H groups in total. The van der Waals surface area contributed by atoms with Crippen LogP contribution in [-0.4, -0.2) is 23.6 Å². The zero-order chi connectivity index (χ0) is 11.5. The highest BCUT2D eigenvalue weighted by molar-refractivity contribution is 5.48. The lowest BCUT2D eigenvalue weighted by molar-refractivity contribution is 0.321. The summed E-state index contributed by atoms with van der Waals surface area (Å²) in [6, 6.07) is 0. The molecule has 0 unspecified atom stereocenters. The van der Waals surface area contributed by atoms with E-state index in [0.29, 0.717) is 5.95 Å². The van der Waals surface area contributed by atoms with Gasteiger partial charge in [-0.2, -0.15) is 4.98 Å². The summed E-state index contributed by atoms with van der Waals surface area (Å²) in [5.41, 5.74) is 3.57. The monoisotopic (exact) mass is 221 g/mol. The predicted octanol–water partition coefficient (Wildman–Crippen LogP) is 1.31. The summed E-state index contributed by atoms with van der Waals surface area (Å²) >= 11 is 0. The van der Waals surface area contributed by atoms with Crippen LogP contribution < -0.4 is 16.2 Å². The Hall–Kier alpha value is -1.36. The minimum Gasteiger partial charge on any atom is -0.359 e. The first-order chi connectivity index (χ1) is 7.70. The van der Waals surface area contributed by atoms with E-state index >= 15 is 0 Å². The molecule has 1 fully saturated rings. The van der Waals surface area contributed by atoms with E-state index in [1.54, 1.807) is 6.20 Å². The van der Waals surface area contributed by atoms with Crippen LogP contribution in [0.1, 0.15) is 24.8 Å². The molecule has 0 aromatic carbocycles. The van der Waals surface area contributed by atoms with Gasteiger partial charge in [-0.05, 0) is 25.7 Å². The largest absolute Gasteiger partial charge is 0.359 e. The molecule has 1 aromatic rings. The van der Waals surface area contributed by atoms with Crippen molar-refractivity contribution >= 4 is 11.8 Å². The van der Waals surface area contributed by atoms with Gasteiger partial charge in [0.15, 0.2) is 0 Å². The molecule has 1 saturated carbocycles. The molecular formula is C11H19N5. The highest BCUT2D eigenvalue weighted by Gasteiger charge is 2.20. The third kappa shape index (κ3) is 2.24. The highest BCUT2D eigenvalue weighted by Crippen LogP contribution is 2.28. The van der Waals surface area contributed by atoms with Gasteiger partial charge in [0, 0.05) is 25.4 Å². The quantitative estimate of drug-likeness (QED) is 0.592. The number of anilines is 2. The maximum Gasteiger partial charge on any atom is 0.239 e. The van der Waals surface area contributed by atoms with E-state index in [9.17, 15) is 0 Å². The number of aromatic nitrogens is 2. The lowest BCUT2D eigenvalue weighted by atomic mass is 9.85. The zero-order valence-electron chi connectivity index (χ0n) is 9.90. The number of nitrogens with zero attached hydrogens (tertiary/aromatic N) is 3. The first-order valence-corrected chi connectivity index (χ1v) is 5.72. The topological polar surface area (TPSA) is 67.1 Å². The third-order valence-electron chi connectivity index (χ3n) is 3.19. The van der Waals surface area contributed by atoms with Crippen molar-refractivity contribution in [2.45, 2.75) is 26.2 Å². The van der Waals surface area contributed by atoms with Gasteiger partial charge in [0.25, 0.3) is 0 Å². The minimum absolute atomic E-state index is 0.473. The summed E-state index contributed by atoms with van der Waals surface area (Å²) < 4.78 is 0. The van der Waals surface area contributed by atoms with Crippen molar-refractivity contribution in [2.24, 2.45) is 11.8 Å². The maximum atomic E-state index is 5.31. The highest BCUT2D eigenvalue weighted by atomic mass is 15.3. The summed E-state index contributed by atoms with van der Waals surface area (Å²) in [6.45, 7) is 3.09. The van der Waals surface area contributed by atoms with Gasteiger partial charge in [-0.3, -0.25) is 5.43 Å². The molecule has 0 atom stereocenters. The number of nitrogens with one attached hydrogen (secondary N) is 1. The van der Waals surface area contributed by atoms with E-state index < -0.39 is 0 Å². The molecule has 0 radical (unpaired) electrons. The molecule has 5 heteroatoms. The van der Waals surface area contributed by atoms with Gasteiger partial charge < -0.3 is 4.90 Å². The fourth-order valence-corrected chi connectivity index (χ4v) is 2.04. The lowest BCUT2D eigenvalue weighted by Gasteiger charge is -2.31. The minimum atomic E-state index is 0.473. The van der Waals surface area contributed by atoms with E-state index in [-0.39, 0.29) is 0 Å². The summed E-state index contributed by atoms with van der Waals surface area (Å²) in [5.74, 6) is 7.58. The van der Waals surface area contributed by atoms with E-state index in [0.717, 1.165) is 23.8 Å². The Kier molecular flexibility index (Phi) is 3.24. The average molecular weight is 221 g/mol. The molecule has 1 aliphatic rings. The van der Waals surface area contributed by atoms with Crippen molar-refractivity contribution in [2.75, 3.05) is 23.9 Å². The van der Waals surface area contributed by atoms with Crippen molar-refractivity contribution in [1.29, 1.82) is 0 Å². The van der Waals surface area contributed by atoms with Crippen LogP contribution in [0.15, 0.2) is 6.20 Å². The molecule has 0 spiro atoms. The second-order valence-corrected chi connectivity index (χ2v) is 4.52. The van der Waals surface area contributed by atoms with Crippen LogP contribution in [0.3, 0.4) is 0 Å². The first kappa shape index (κ1) is 11.1. The number of rotatable bonds is 4. The zero-order valence-corrected chi connectivity index (χ0v) is 9.90. The van der Waals surface area contributed by atoms with Gasteiger partial charge in [-0.15, -0.1) is 0 Å². The Bertz CT molecular complexity index is 361. The molecule has 1 aromatic heterocycles. The van der Waals surface area contributed by atoms with Crippen LogP contribution in [0.2, 0.25) is 0 Å². The Balaban J connectivity index is 2.10. The Labute approximate surface area is 96.0 Å². The third-order valence-corrected chi connectivity index (χ3v) is 3.19. The number of hydrazine groups is 1. The summed E-state index contributed by atoms with van der Waals surface area (Å²) in [5, 5.41) is 0. The molecule has 1 aliphatic carbocycles. The Morgan fingerprint density at radius 3 is 2.88 bits per heavy atom. The van der Waals surface area contributed by atoms with E-state index in [1.165, 1.54) is 19.3 Å². The molecule has 5 nitrogen and oxygen atoms in total. The van der Waals surface area contributed by atoms with Gasteiger partial charge in [0.1, 0.15) is 5.82 Å². The molecule has 0 aliphatic heterocycles. The number of hydrogen-bond acceptors (Lipinski definition) is 5. The molecule has 0 bridgehead atoms. The molecule has 2 rings (SSSR count). The average Bonchev–Trinajstić information content (AvgIpc) is 2.24. The van der Waals surface area contributed by atoms with Gasteiger partial charge >= 0.3 is 0 Å². The summed E-state index contributed by atoms with van der Waals surface area (Å²) in [7, 11) is 2.08. The SMILES string of the molecule is Cc1cnc(NN)nc1N(C)CC1CCC1.